The number of furan rings is 1. The Morgan fingerprint density at radius 1 is 1.27 bits per heavy atom. The van der Waals surface area contributed by atoms with Crippen molar-refractivity contribution in [1.82, 2.24) is 0 Å². The summed E-state index contributed by atoms with van der Waals surface area (Å²) in [6.45, 7) is 5.05. The average molecular weight is 306 g/mol. The second-order valence-corrected chi connectivity index (χ2v) is 5.01. The molecule has 0 atom stereocenters. The number of ether oxygens (including phenoxy) is 3. The molecular formula is C16H18O6. The largest absolute Gasteiger partial charge is 0.482 e. The molecule has 1 aromatic carbocycles. The summed E-state index contributed by atoms with van der Waals surface area (Å²) in [4.78, 5) is 23.3. The molecule has 0 fully saturated rings. The molecule has 0 N–H and O–H groups in total. The van der Waals surface area contributed by atoms with Crippen molar-refractivity contribution in [3.63, 3.8) is 0 Å². The monoisotopic (exact) mass is 306 g/mol. The Morgan fingerprint density at radius 3 is 2.64 bits per heavy atom. The van der Waals surface area contributed by atoms with Crippen molar-refractivity contribution in [3.8, 4) is 5.75 Å². The number of esters is 2. The SMILES string of the molecule is COC(=O)COc1ccc2oc(C)c(C(=O)OC(C)C)c2c1. The van der Waals surface area contributed by atoms with Crippen LogP contribution < -0.4 is 4.74 Å². The Bertz CT molecular complexity index is 698. The smallest absolute Gasteiger partial charge is 0.343 e. The first-order valence-electron chi connectivity index (χ1n) is 6.86. The Kier molecular flexibility index (Phi) is 4.70. The van der Waals surface area contributed by atoms with Crippen molar-refractivity contribution in [2.24, 2.45) is 0 Å². The van der Waals surface area contributed by atoms with Gasteiger partial charge in [0.25, 0.3) is 0 Å². The van der Waals surface area contributed by atoms with Gasteiger partial charge in [0.05, 0.1) is 13.2 Å². The standard InChI is InChI=1S/C16H18O6/c1-9(2)21-16(18)15-10(3)22-13-6-5-11(7-12(13)15)20-8-14(17)19-4/h5-7,9H,8H2,1-4H3. The summed E-state index contributed by atoms with van der Waals surface area (Å²) in [5.41, 5.74) is 0.922. The highest BCUT2D eigenvalue weighted by atomic mass is 16.6. The molecule has 6 nitrogen and oxygen atoms in total. The Hall–Kier alpha value is -2.50. The van der Waals surface area contributed by atoms with E-state index in [9.17, 15) is 9.59 Å². The van der Waals surface area contributed by atoms with Crippen LogP contribution in [0.15, 0.2) is 22.6 Å². The van der Waals surface area contributed by atoms with Crippen LogP contribution in [0.1, 0.15) is 30.0 Å². The predicted molar refractivity (Wildman–Crippen MR) is 79.0 cm³/mol. The van der Waals surface area contributed by atoms with Crippen molar-refractivity contribution in [2.75, 3.05) is 13.7 Å². The molecule has 0 saturated heterocycles. The van der Waals surface area contributed by atoms with Crippen LogP contribution in [0.25, 0.3) is 11.0 Å². The molecule has 0 unspecified atom stereocenters. The number of benzene rings is 1. The van der Waals surface area contributed by atoms with E-state index in [1.165, 1.54) is 7.11 Å². The lowest BCUT2D eigenvalue weighted by atomic mass is 10.1. The first-order valence-corrected chi connectivity index (χ1v) is 6.86. The van der Waals surface area contributed by atoms with E-state index in [-0.39, 0.29) is 12.7 Å². The number of carbonyl (C=O) groups is 2. The fourth-order valence-electron chi connectivity index (χ4n) is 2.02. The number of hydrogen-bond donors (Lipinski definition) is 0. The molecule has 0 aliphatic rings. The summed E-state index contributed by atoms with van der Waals surface area (Å²) in [7, 11) is 1.29. The third kappa shape index (κ3) is 3.39. The van der Waals surface area contributed by atoms with Crippen molar-refractivity contribution < 1.29 is 28.2 Å². The molecule has 0 aliphatic heterocycles. The summed E-state index contributed by atoms with van der Waals surface area (Å²) in [5.74, 6) is -0.0117. The Morgan fingerprint density at radius 2 is 2.00 bits per heavy atom. The average Bonchev–Trinajstić information content (AvgIpc) is 2.79. The van der Waals surface area contributed by atoms with Gasteiger partial charge in [0.2, 0.25) is 0 Å². The lowest BCUT2D eigenvalue weighted by Crippen LogP contribution is -2.13. The van der Waals surface area contributed by atoms with E-state index in [0.29, 0.717) is 28.0 Å². The number of fused-ring (bicyclic) bond motifs is 1. The van der Waals surface area contributed by atoms with Crippen molar-refractivity contribution in [1.29, 1.82) is 0 Å². The van der Waals surface area contributed by atoms with E-state index in [4.69, 9.17) is 13.9 Å². The topological polar surface area (TPSA) is 75.0 Å². The number of methoxy groups -OCH3 is 1. The maximum Gasteiger partial charge on any atom is 0.343 e. The maximum absolute atomic E-state index is 12.2. The second kappa shape index (κ2) is 6.51. The number of aryl methyl sites for hydroxylation is 1. The molecule has 2 aromatic rings. The van der Waals surface area contributed by atoms with Crippen molar-refractivity contribution >= 4 is 22.9 Å². The zero-order valence-corrected chi connectivity index (χ0v) is 13.0. The van der Waals surface area contributed by atoms with E-state index in [0.717, 1.165) is 0 Å². The van der Waals surface area contributed by atoms with Crippen molar-refractivity contribution in [3.05, 3.63) is 29.5 Å². The number of rotatable bonds is 5. The molecule has 2 rings (SSSR count). The molecule has 1 heterocycles. The fraction of sp³-hybridized carbons (Fsp3) is 0.375. The van der Waals surface area contributed by atoms with Crippen LogP contribution in [0.2, 0.25) is 0 Å². The van der Waals surface area contributed by atoms with E-state index < -0.39 is 11.9 Å². The molecule has 0 spiro atoms. The molecule has 22 heavy (non-hydrogen) atoms. The molecule has 6 heteroatoms. The normalized spacial score (nSPS) is 10.8. The highest BCUT2D eigenvalue weighted by Gasteiger charge is 2.21. The summed E-state index contributed by atoms with van der Waals surface area (Å²) in [5, 5.41) is 0.588. The zero-order chi connectivity index (χ0) is 16.3. The van der Waals surface area contributed by atoms with Crippen molar-refractivity contribution in [2.45, 2.75) is 26.9 Å². The van der Waals surface area contributed by atoms with Gasteiger partial charge in [0, 0.05) is 5.39 Å². The Balaban J connectivity index is 2.33. The quantitative estimate of drug-likeness (QED) is 0.791. The van der Waals surface area contributed by atoms with E-state index in [1.807, 2.05) is 0 Å². The molecule has 0 amide bonds. The summed E-state index contributed by atoms with van der Waals surface area (Å²) >= 11 is 0. The Labute approximate surface area is 127 Å². The van der Waals surface area contributed by atoms with Gasteiger partial charge in [-0.3, -0.25) is 0 Å². The predicted octanol–water partition coefficient (Wildman–Crippen LogP) is 2.86. The van der Waals surface area contributed by atoms with Gasteiger partial charge in [-0.25, -0.2) is 9.59 Å². The third-order valence-corrected chi connectivity index (χ3v) is 2.97. The van der Waals surface area contributed by atoms with Gasteiger partial charge in [0.1, 0.15) is 22.7 Å². The van der Waals surface area contributed by atoms with Crippen LogP contribution in [0.5, 0.6) is 5.75 Å². The number of carbonyl (C=O) groups excluding carboxylic acids is 2. The van der Waals surface area contributed by atoms with Crippen LogP contribution in [-0.4, -0.2) is 31.8 Å². The lowest BCUT2D eigenvalue weighted by Gasteiger charge is -2.08. The van der Waals surface area contributed by atoms with Gasteiger partial charge >= 0.3 is 11.9 Å². The second-order valence-electron chi connectivity index (χ2n) is 5.01. The highest BCUT2D eigenvalue weighted by molar-refractivity contribution is 6.04. The summed E-state index contributed by atoms with van der Waals surface area (Å²) in [6.07, 6.45) is -0.226. The van der Waals surface area contributed by atoms with Crippen LogP contribution in [0, 0.1) is 6.92 Å². The maximum atomic E-state index is 12.2. The van der Waals surface area contributed by atoms with E-state index >= 15 is 0 Å². The molecular weight excluding hydrogens is 288 g/mol. The van der Waals surface area contributed by atoms with Gasteiger partial charge in [-0.15, -0.1) is 0 Å². The first kappa shape index (κ1) is 15.9. The van der Waals surface area contributed by atoms with Crippen LogP contribution in [-0.2, 0) is 14.3 Å². The number of hydrogen-bond acceptors (Lipinski definition) is 6. The zero-order valence-electron chi connectivity index (χ0n) is 13.0. The minimum atomic E-state index is -0.483. The lowest BCUT2D eigenvalue weighted by molar-refractivity contribution is -0.142. The minimum absolute atomic E-state index is 0.204. The van der Waals surface area contributed by atoms with Crippen LogP contribution in [0.4, 0.5) is 0 Å². The highest BCUT2D eigenvalue weighted by Crippen LogP contribution is 2.29. The molecule has 1 aromatic heterocycles. The molecule has 118 valence electrons. The molecule has 0 bridgehead atoms. The van der Waals surface area contributed by atoms with E-state index in [1.54, 1.807) is 39.0 Å². The van der Waals surface area contributed by atoms with Gasteiger partial charge < -0.3 is 18.6 Å². The van der Waals surface area contributed by atoms with Gasteiger partial charge in [-0.1, -0.05) is 0 Å². The van der Waals surface area contributed by atoms with Gasteiger partial charge in [-0.05, 0) is 39.0 Å². The van der Waals surface area contributed by atoms with Crippen LogP contribution in [0.3, 0.4) is 0 Å². The van der Waals surface area contributed by atoms with Gasteiger partial charge in [0.15, 0.2) is 6.61 Å². The molecule has 0 aliphatic carbocycles. The first-order chi connectivity index (χ1) is 10.4. The van der Waals surface area contributed by atoms with E-state index in [2.05, 4.69) is 4.74 Å². The summed E-state index contributed by atoms with van der Waals surface area (Å²) < 4.78 is 20.6. The summed E-state index contributed by atoms with van der Waals surface area (Å²) in [6, 6.07) is 4.98. The third-order valence-electron chi connectivity index (χ3n) is 2.97. The van der Waals surface area contributed by atoms with Gasteiger partial charge in [-0.2, -0.15) is 0 Å². The fourth-order valence-corrected chi connectivity index (χ4v) is 2.02. The molecule has 0 saturated carbocycles. The van der Waals surface area contributed by atoms with Crippen LogP contribution >= 0.6 is 0 Å². The minimum Gasteiger partial charge on any atom is -0.482 e. The molecule has 0 radical (unpaired) electrons.